The van der Waals surface area contributed by atoms with Crippen molar-refractivity contribution in [2.24, 2.45) is 0 Å². The fourth-order valence-electron chi connectivity index (χ4n) is 2.39. The maximum absolute atomic E-state index is 12.5. The number of esters is 1. The number of halogens is 1. The Morgan fingerprint density at radius 1 is 1.12 bits per heavy atom. The summed E-state index contributed by atoms with van der Waals surface area (Å²) in [6.07, 6.45) is 0. The molecule has 3 aromatic rings. The number of para-hydroxylation sites is 1. The third-order valence-corrected chi connectivity index (χ3v) is 3.94. The van der Waals surface area contributed by atoms with Gasteiger partial charge in [0.05, 0.1) is 16.8 Å². The highest BCUT2D eigenvalue weighted by atomic mass is 35.5. The molecule has 0 fully saturated rings. The second kappa shape index (κ2) is 7.32. The zero-order valence-corrected chi connectivity index (χ0v) is 14.2. The molecule has 126 valence electrons. The molecule has 0 aliphatic heterocycles. The molecule has 0 unspecified atom stereocenters. The Morgan fingerprint density at radius 2 is 1.84 bits per heavy atom. The van der Waals surface area contributed by atoms with Crippen LogP contribution in [0, 0.1) is 0 Å². The van der Waals surface area contributed by atoms with Gasteiger partial charge in [0, 0.05) is 23.0 Å². The van der Waals surface area contributed by atoms with Gasteiger partial charge in [0.25, 0.3) is 5.91 Å². The SMILES string of the molecule is CNC(=O)COC(=O)c1cc(-c2ccc(Cl)cc2)nc2ccccc12. The highest BCUT2D eigenvalue weighted by molar-refractivity contribution is 6.30. The molecule has 2 aromatic carbocycles. The molecule has 5 nitrogen and oxygen atoms in total. The monoisotopic (exact) mass is 354 g/mol. The number of hydrogen-bond acceptors (Lipinski definition) is 4. The number of nitrogens with one attached hydrogen (secondary N) is 1. The van der Waals surface area contributed by atoms with Crippen molar-refractivity contribution in [2.45, 2.75) is 0 Å². The molecule has 0 spiro atoms. The minimum atomic E-state index is -0.572. The molecule has 0 radical (unpaired) electrons. The number of aromatic nitrogens is 1. The molecular formula is C19H15ClN2O3. The molecule has 1 aromatic heterocycles. The molecular weight excluding hydrogens is 340 g/mol. The minimum Gasteiger partial charge on any atom is -0.452 e. The van der Waals surface area contributed by atoms with Crippen molar-refractivity contribution in [2.75, 3.05) is 13.7 Å². The molecule has 0 bridgehead atoms. The van der Waals surface area contributed by atoms with Gasteiger partial charge in [0.15, 0.2) is 6.61 Å². The summed E-state index contributed by atoms with van der Waals surface area (Å²) in [4.78, 5) is 28.4. The number of hydrogen-bond donors (Lipinski definition) is 1. The quantitative estimate of drug-likeness (QED) is 0.728. The van der Waals surface area contributed by atoms with Crippen molar-refractivity contribution < 1.29 is 14.3 Å². The van der Waals surface area contributed by atoms with Gasteiger partial charge in [-0.2, -0.15) is 0 Å². The molecule has 0 saturated carbocycles. The van der Waals surface area contributed by atoms with Crippen LogP contribution in [0.4, 0.5) is 0 Å². The Bertz CT molecular complexity index is 939. The van der Waals surface area contributed by atoms with E-state index in [0.717, 1.165) is 5.56 Å². The number of rotatable bonds is 4. The lowest BCUT2D eigenvalue weighted by molar-refractivity contribution is -0.123. The van der Waals surface area contributed by atoms with Gasteiger partial charge in [-0.05, 0) is 24.3 Å². The fraction of sp³-hybridized carbons (Fsp3) is 0.105. The van der Waals surface area contributed by atoms with E-state index in [-0.39, 0.29) is 12.5 Å². The number of amides is 1. The Kier molecular flexibility index (Phi) is 4.95. The third kappa shape index (κ3) is 3.78. The summed E-state index contributed by atoms with van der Waals surface area (Å²) in [5.41, 5.74) is 2.49. The fourth-order valence-corrected chi connectivity index (χ4v) is 2.52. The van der Waals surface area contributed by atoms with E-state index in [1.165, 1.54) is 7.05 Å². The zero-order valence-electron chi connectivity index (χ0n) is 13.5. The van der Waals surface area contributed by atoms with Crippen LogP contribution in [0.2, 0.25) is 5.02 Å². The van der Waals surface area contributed by atoms with Crippen molar-refractivity contribution in [3.05, 3.63) is 65.2 Å². The van der Waals surface area contributed by atoms with E-state index in [1.54, 1.807) is 24.3 Å². The number of nitrogens with zero attached hydrogens (tertiary/aromatic N) is 1. The summed E-state index contributed by atoms with van der Waals surface area (Å²) < 4.78 is 5.10. The topological polar surface area (TPSA) is 68.3 Å². The number of carbonyl (C=O) groups is 2. The molecule has 1 heterocycles. The first-order valence-corrected chi connectivity index (χ1v) is 7.99. The van der Waals surface area contributed by atoms with E-state index in [1.807, 2.05) is 30.3 Å². The summed E-state index contributed by atoms with van der Waals surface area (Å²) in [6, 6.07) is 16.1. The third-order valence-electron chi connectivity index (χ3n) is 3.69. The largest absolute Gasteiger partial charge is 0.452 e. The number of pyridine rings is 1. The molecule has 6 heteroatoms. The normalized spacial score (nSPS) is 10.5. The summed E-state index contributed by atoms with van der Waals surface area (Å²) in [6.45, 7) is -0.331. The Balaban J connectivity index is 2.05. The highest BCUT2D eigenvalue weighted by Gasteiger charge is 2.16. The second-order valence-corrected chi connectivity index (χ2v) is 5.76. The maximum Gasteiger partial charge on any atom is 0.339 e. The molecule has 0 aliphatic carbocycles. The van der Waals surface area contributed by atoms with Crippen LogP contribution < -0.4 is 5.32 Å². The van der Waals surface area contributed by atoms with Crippen LogP contribution in [-0.2, 0) is 9.53 Å². The Hall–Kier alpha value is -2.92. The smallest absolute Gasteiger partial charge is 0.339 e. The summed E-state index contributed by atoms with van der Waals surface area (Å²) in [5.74, 6) is -0.943. The summed E-state index contributed by atoms with van der Waals surface area (Å²) in [5, 5.41) is 3.70. The van der Waals surface area contributed by atoms with Gasteiger partial charge in [-0.25, -0.2) is 9.78 Å². The molecule has 25 heavy (non-hydrogen) atoms. The average Bonchev–Trinajstić information content (AvgIpc) is 2.65. The van der Waals surface area contributed by atoms with Gasteiger partial charge < -0.3 is 10.1 Å². The van der Waals surface area contributed by atoms with E-state index in [0.29, 0.717) is 27.2 Å². The highest BCUT2D eigenvalue weighted by Crippen LogP contribution is 2.26. The zero-order chi connectivity index (χ0) is 17.8. The predicted molar refractivity (Wildman–Crippen MR) is 96.5 cm³/mol. The first kappa shape index (κ1) is 16.9. The van der Waals surface area contributed by atoms with Crippen molar-refractivity contribution in [3.8, 4) is 11.3 Å². The van der Waals surface area contributed by atoms with Crippen LogP contribution in [0.1, 0.15) is 10.4 Å². The lowest BCUT2D eigenvalue weighted by Crippen LogP contribution is -2.25. The van der Waals surface area contributed by atoms with E-state index in [9.17, 15) is 9.59 Å². The number of benzene rings is 2. The van der Waals surface area contributed by atoms with Crippen LogP contribution in [0.15, 0.2) is 54.6 Å². The lowest BCUT2D eigenvalue weighted by Gasteiger charge is -2.10. The minimum absolute atomic E-state index is 0.331. The van der Waals surface area contributed by atoms with E-state index in [4.69, 9.17) is 16.3 Å². The maximum atomic E-state index is 12.5. The summed E-state index contributed by atoms with van der Waals surface area (Å²) >= 11 is 5.93. The summed E-state index contributed by atoms with van der Waals surface area (Å²) in [7, 11) is 1.48. The Morgan fingerprint density at radius 3 is 2.56 bits per heavy atom. The van der Waals surface area contributed by atoms with Crippen molar-refractivity contribution in [1.29, 1.82) is 0 Å². The van der Waals surface area contributed by atoms with E-state index < -0.39 is 5.97 Å². The number of fused-ring (bicyclic) bond motifs is 1. The molecule has 0 aliphatic rings. The molecule has 1 amide bonds. The van der Waals surface area contributed by atoms with Crippen LogP contribution in [0.25, 0.3) is 22.2 Å². The van der Waals surface area contributed by atoms with Gasteiger partial charge >= 0.3 is 5.97 Å². The van der Waals surface area contributed by atoms with Crippen molar-refractivity contribution >= 4 is 34.4 Å². The standard InChI is InChI=1S/C19H15ClN2O3/c1-21-18(23)11-25-19(24)15-10-17(12-6-8-13(20)9-7-12)22-16-5-3-2-4-14(15)16/h2-10H,11H2,1H3,(H,21,23). The van der Waals surface area contributed by atoms with Crippen LogP contribution in [0.5, 0.6) is 0 Å². The van der Waals surface area contributed by atoms with Gasteiger partial charge in [-0.1, -0.05) is 41.9 Å². The van der Waals surface area contributed by atoms with Crippen molar-refractivity contribution in [3.63, 3.8) is 0 Å². The van der Waals surface area contributed by atoms with Crippen LogP contribution >= 0.6 is 11.6 Å². The van der Waals surface area contributed by atoms with E-state index in [2.05, 4.69) is 10.3 Å². The molecule has 3 rings (SSSR count). The van der Waals surface area contributed by atoms with Gasteiger partial charge in [-0.3, -0.25) is 4.79 Å². The van der Waals surface area contributed by atoms with Crippen LogP contribution in [0.3, 0.4) is 0 Å². The first-order valence-electron chi connectivity index (χ1n) is 7.62. The molecule has 0 atom stereocenters. The Labute approximate surface area is 149 Å². The number of likely N-dealkylation sites (N-methyl/N-ethyl adjacent to an activating group) is 1. The van der Waals surface area contributed by atoms with Gasteiger partial charge in [0.2, 0.25) is 0 Å². The second-order valence-electron chi connectivity index (χ2n) is 5.33. The average molecular weight is 355 g/mol. The molecule has 0 saturated heterocycles. The lowest BCUT2D eigenvalue weighted by atomic mass is 10.0. The number of carbonyl (C=O) groups excluding carboxylic acids is 2. The predicted octanol–water partition coefficient (Wildman–Crippen LogP) is 3.46. The van der Waals surface area contributed by atoms with Crippen LogP contribution in [-0.4, -0.2) is 30.5 Å². The number of ether oxygens (including phenoxy) is 1. The first-order chi connectivity index (χ1) is 12.1. The van der Waals surface area contributed by atoms with Crippen molar-refractivity contribution in [1.82, 2.24) is 10.3 Å². The molecule has 1 N–H and O–H groups in total. The van der Waals surface area contributed by atoms with Gasteiger partial charge in [0.1, 0.15) is 0 Å². The van der Waals surface area contributed by atoms with Gasteiger partial charge in [-0.15, -0.1) is 0 Å². The van der Waals surface area contributed by atoms with E-state index >= 15 is 0 Å².